The Morgan fingerprint density at radius 1 is 1.40 bits per heavy atom. The van der Waals surface area contributed by atoms with Gasteiger partial charge in [-0.1, -0.05) is 23.7 Å². The lowest BCUT2D eigenvalue weighted by atomic mass is 10.2. The van der Waals surface area contributed by atoms with Crippen LogP contribution in [-0.4, -0.2) is 11.0 Å². The summed E-state index contributed by atoms with van der Waals surface area (Å²) < 4.78 is 5.02. The maximum Gasteiger partial charge on any atom is 0.308 e. The Morgan fingerprint density at radius 3 is 2.93 bits per heavy atom. The van der Waals surface area contributed by atoms with Gasteiger partial charge in [0.05, 0.1) is 5.02 Å². The maximum absolute atomic E-state index is 10.9. The molecule has 0 aliphatic rings. The van der Waals surface area contributed by atoms with Gasteiger partial charge >= 0.3 is 5.97 Å². The first kappa shape index (κ1) is 9.93. The minimum absolute atomic E-state index is 0.371. The second kappa shape index (κ2) is 3.87. The van der Waals surface area contributed by atoms with Crippen LogP contribution in [0.2, 0.25) is 5.02 Å². The Labute approximate surface area is 91.6 Å². The van der Waals surface area contributed by atoms with Gasteiger partial charge in [0.1, 0.15) is 5.52 Å². The molecule has 1 heterocycles. The van der Waals surface area contributed by atoms with Crippen molar-refractivity contribution in [2.75, 3.05) is 0 Å². The van der Waals surface area contributed by atoms with Crippen molar-refractivity contribution in [3.8, 4) is 5.75 Å². The van der Waals surface area contributed by atoms with Gasteiger partial charge in [-0.05, 0) is 12.1 Å². The number of benzene rings is 1. The molecule has 3 nitrogen and oxygen atoms in total. The first-order valence-corrected chi connectivity index (χ1v) is 4.78. The van der Waals surface area contributed by atoms with E-state index in [1.54, 1.807) is 24.4 Å². The summed E-state index contributed by atoms with van der Waals surface area (Å²) in [5.74, 6) is 0.0618. The molecule has 2 rings (SSSR count). The molecule has 1 aromatic carbocycles. The van der Waals surface area contributed by atoms with Crippen molar-refractivity contribution in [3.05, 3.63) is 35.5 Å². The predicted molar refractivity (Wildman–Crippen MR) is 58.1 cm³/mol. The van der Waals surface area contributed by atoms with Crippen molar-refractivity contribution in [2.45, 2.75) is 6.92 Å². The second-order valence-electron chi connectivity index (χ2n) is 3.04. The smallest absolute Gasteiger partial charge is 0.308 e. The molecule has 0 atom stereocenters. The molecule has 15 heavy (non-hydrogen) atoms. The number of aromatic nitrogens is 1. The van der Waals surface area contributed by atoms with Gasteiger partial charge in [-0.15, -0.1) is 0 Å². The quantitative estimate of drug-likeness (QED) is 0.549. The Balaban J connectivity index is 2.65. The topological polar surface area (TPSA) is 39.2 Å². The molecular weight excluding hydrogens is 214 g/mol. The van der Waals surface area contributed by atoms with Crippen LogP contribution >= 0.6 is 11.6 Å². The third-order valence-electron chi connectivity index (χ3n) is 1.93. The summed E-state index contributed by atoms with van der Waals surface area (Å²) in [5, 5.41) is 1.37. The fraction of sp³-hybridized carbons (Fsp3) is 0.0909. The van der Waals surface area contributed by atoms with Gasteiger partial charge in [0, 0.05) is 18.5 Å². The lowest BCUT2D eigenvalue weighted by molar-refractivity contribution is -0.131. The summed E-state index contributed by atoms with van der Waals surface area (Å²) in [4.78, 5) is 15.0. The number of para-hydroxylation sites is 1. The number of pyridine rings is 1. The van der Waals surface area contributed by atoms with Crippen molar-refractivity contribution < 1.29 is 9.53 Å². The van der Waals surface area contributed by atoms with E-state index in [2.05, 4.69) is 4.98 Å². The Hall–Kier alpha value is -1.61. The highest BCUT2D eigenvalue weighted by molar-refractivity contribution is 6.35. The molecule has 0 aliphatic heterocycles. The average Bonchev–Trinajstić information content (AvgIpc) is 2.19. The zero-order chi connectivity index (χ0) is 10.8. The van der Waals surface area contributed by atoms with Crippen LogP contribution in [0.25, 0.3) is 10.9 Å². The molecule has 0 unspecified atom stereocenters. The first-order chi connectivity index (χ1) is 7.18. The largest absolute Gasteiger partial charge is 0.424 e. The van der Waals surface area contributed by atoms with E-state index in [1.165, 1.54) is 6.92 Å². The molecule has 0 bridgehead atoms. The van der Waals surface area contributed by atoms with Crippen molar-refractivity contribution in [2.24, 2.45) is 0 Å². The van der Waals surface area contributed by atoms with Gasteiger partial charge in [-0.25, -0.2) is 0 Å². The van der Waals surface area contributed by atoms with Crippen molar-refractivity contribution in [1.29, 1.82) is 0 Å². The van der Waals surface area contributed by atoms with Crippen LogP contribution in [0.15, 0.2) is 30.5 Å². The normalized spacial score (nSPS) is 10.3. The number of hydrogen-bond donors (Lipinski definition) is 0. The van der Waals surface area contributed by atoms with E-state index >= 15 is 0 Å². The highest BCUT2D eigenvalue weighted by Crippen LogP contribution is 2.28. The molecule has 76 valence electrons. The number of carbonyl (C=O) groups is 1. The van der Waals surface area contributed by atoms with Gasteiger partial charge in [0.15, 0.2) is 5.75 Å². The molecule has 0 spiro atoms. The molecule has 2 aromatic rings. The Bertz CT molecular complexity index is 525. The average molecular weight is 222 g/mol. The third-order valence-corrected chi connectivity index (χ3v) is 2.26. The van der Waals surface area contributed by atoms with E-state index < -0.39 is 0 Å². The number of fused-ring (bicyclic) bond motifs is 1. The summed E-state index contributed by atoms with van der Waals surface area (Å²) >= 11 is 5.99. The van der Waals surface area contributed by atoms with E-state index in [0.717, 1.165) is 5.39 Å². The molecule has 0 fully saturated rings. The van der Waals surface area contributed by atoms with Crippen LogP contribution in [0, 0.1) is 0 Å². The van der Waals surface area contributed by atoms with E-state index in [9.17, 15) is 4.79 Å². The summed E-state index contributed by atoms with van der Waals surface area (Å²) in [7, 11) is 0. The Morgan fingerprint density at radius 2 is 2.20 bits per heavy atom. The van der Waals surface area contributed by atoms with Crippen LogP contribution in [0.4, 0.5) is 0 Å². The number of rotatable bonds is 1. The Kier molecular flexibility index (Phi) is 2.56. The lowest BCUT2D eigenvalue weighted by Crippen LogP contribution is -2.02. The van der Waals surface area contributed by atoms with Gasteiger partial charge in [0.25, 0.3) is 0 Å². The van der Waals surface area contributed by atoms with Crippen molar-refractivity contribution in [3.63, 3.8) is 0 Å². The van der Waals surface area contributed by atoms with Crippen LogP contribution < -0.4 is 4.74 Å². The van der Waals surface area contributed by atoms with Crippen LogP contribution in [-0.2, 0) is 4.79 Å². The highest BCUT2D eigenvalue weighted by atomic mass is 35.5. The SMILES string of the molecule is CC(=O)Oc1cccc2c(Cl)ccnc12. The molecular formula is C11H8ClNO2. The fourth-order valence-electron chi connectivity index (χ4n) is 1.35. The zero-order valence-electron chi connectivity index (χ0n) is 8.03. The van der Waals surface area contributed by atoms with Crippen LogP contribution in [0.3, 0.4) is 0 Å². The molecule has 0 radical (unpaired) electrons. The monoisotopic (exact) mass is 221 g/mol. The molecule has 0 amide bonds. The van der Waals surface area contributed by atoms with Crippen molar-refractivity contribution in [1.82, 2.24) is 4.98 Å². The number of esters is 1. The third kappa shape index (κ3) is 1.92. The van der Waals surface area contributed by atoms with E-state index in [0.29, 0.717) is 16.3 Å². The van der Waals surface area contributed by atoms with E-state index in [1.807, 2.05) is 6.07 Å². The minimum Gasteiger partial charge on any atom is -0.424 e. The number of hydrogen-bond acceptors (Lipinski definition) is 3. The summed E-state index contributed by atoms with van der Waals surface area (Å²) in [6, 6.07) is 6.99. The number of carbonyl (C=O) groups excluding carboxylic acids is 1. The van der Waals surface area contributed by atoms with Crippen LogP contribution in [0.5, 0.6) is 5.75 Å². The zero-order valence-corrected chi connectivity index (χ0v) is 8.78. The number of nitrogens with zero attached hydrogens (tertiary/aromatic N) is 1. The second-order valence-corrected chi connectivity index (χ2v) is 3.45. The summed E-state index contributed by atoms with van der Waals surface area (Å²) in [6.07, 6.45) is 1.58. The highest BCUT2D eigenvalue weighted by Gasteiger charge is 2.07. The number of halogens is 1. The van der Waals surface area contributed by atoms with Gasteiger partial charge in [0.2, 0.25) is 0 Å². The fourth-order valence-corrected chi connectivity index (χ4v) is 1.56. The van der Waals surface area contributed by atoms with Gasteiger partial charge in [-0.3, -0.25) is 9.78 Å². The molecule has 4 heteroatoms. The molecule has 0 saturated heterocycles. The number of ether oxygens (including phenoxy) is 1. The van der Waals surface area contributed by atoms with Crippen molar-refractivity contribution >= 4 is 28.5 Å². The van der Waals surface area contributed by atoms with Gasteiger partial charge in [-0.2, -0.15) is 0 Å². The van der Waals surface area contributed by atoms with Crippen LogP contribution in [0.1, 0.15) is 6.92 Å². The van der Waals surface area contributed by atoms with E-state index in [4.69, 9.17) is 16.3 Å². The standard InChI is InChI=1S/C11H8ClNO2/c1-7(14)15-10-4-2-3-8-9(12)5-6-13-11(8)10/h2-6H,1H3. The summed E-state index contributed by atoms with van der Waals surface area (Å²) in [6.45, 7) is 1.35. The minimum atomic E-state index is -0.371. The van der Waals surface area contributed by atoms with E-state index in [-0.39, 0.29) is 5.97 Å². The van der Waals surface area contributed by atoms with Gasteiger partial charge < -0.3 is 4.74 Å². The molecule has 0 N–H and O–H groups in total. The molecule has 1 aromatic heterocycles. The predicted octanol–water partition coefficient (Wildman–Crippen LogP) is 2.81. The maximum atomic E-state index is 10.9. The lowest BCUT2D eigenvalue weighted by Gasteiger charge is -2.05. The molecule has 0 saturated carbocycles. The summed E-state index contributed by atoms with van der Waals surface area (Å²) in [5.41, 5.74) is 0.597. The first-order valence-electron chi connectivity index (χ1n) is 4.40. The molecule has 0 aliphatic carbocycles.